The first-order valence-electron chi connectivity index (χ1n) is 10.4. The van der Waals surface area contributed by atoms with E-state index in [0.717, 1.165) is 22.3 Å². The zero-order valence-corrected chi connectivity index (χ0v) is 22.4. The second-order valence-electron chi connectivity index (χ2n) is 7.67. The maximum atomic E-state index is 9.75. The van der Waals surface area contributed by atoms with Gasteiger partial charge >= 0.3 is 13.1 Å². The molecule has 0 N–H and O–H groups in total. The highest BCUT2D eigenvalue weighted by molar-refractivity contribution is 6.50. The van der Waals surface area contributed by atoms with Crippen molar-refractivity contribution in [1.82, 2.24) is 24.4 Å². The second kappa shape index (κ2) is 11.9. The smallest absolute Gasteiger partial charge is 0.443 e. The van der Waals surface area contributed by atoms with Crippen LogP contribution in [-0.2, 0) is 21.1 Å². The van der Waals surface area contributed by atoms with Gasteiger partial charge in [-0.15, -0.1) is 17.5 Å². The monoisotopic (exact) mass is 538 g/mol. The summed E-state index contributed by atoms with van der Waals surface area (Å²) in [5.74, 6) is 0.848. The summed E-state index contributed by atoms with van der Waals surface area (Å²) in [7, 11) is -0.00635. The molecule has 0 saturated carbocycles. The van der Waals surface area contributed by atoms with Crippen molar-refractivity contribution in [1.29, 1.82) is 0 Å². The van der Waals surface area contributed by atoms with Crippen LogP contribution in [-0.4, -0.2) is 38.3 Å². The molecule has 194 valence electrons. The van der Waals surface area contributed by atoms with Gasteiger partial charge in [-0.05, 0) is 39.7 Å². The van der Waals surface area contributed by atoms with Crippen molar-refractivity contribution in [2.24, 2.45) is 21.1 Å². The Morgan fingerprint density at radius 2 is 1.37 bits per heavy atom. The Bertz CT molecular complexity index is 1320. The normalized spacial score (nSPS) is 10.9. The number of ether oxygens (including phenoxy) is 1. The molecule has 0 aliphatic heterocycles. The predicted octanol–water partition coefficient (Wildman–Crippen LogP) is 5.37. The lowest BCUT2D eigenvalue weighted by molar-refractivity contribution is -0.733. The zero-order valence-electron chi connectivity index (χ0n) is 20.8. The first kappa shape index (κ1) is 30.4. The van der Waals surface area contributed by atoms with Crippen LogP contribution >= 0.6 is 24.0 Å². The topological polar surface area (TPSA) is 61.6 Å². The predicted molar refractivity (Wildman–Crippen MR) is 133 cm³/mol. The minimum absolute atomic E-state index is 0. The number of aromatic nitrogens is 6. The van der Waals surface area contributed by atoms with E-state index in [1.165, 1.54) is 27.9 Å². The van der Waals surface area contributed by atoms with E-state index < -0.39 is 7.25 Å². The number of fused-ring (bicyclic) bond motifs is 2. The third-order valence-electron chi connectivity index (χ3n) is 5.74. The van der Waals surface area contributed by atoms with Gasteiger partial charge in [-0.25, -0.2) is 0 Å². The molecule has 0 fully saturated rings. The quantitative estimate of drug-likeness (QED) is 0.195. The van der Waals surface area contributed by atoms with Crippen LogP contribution in [0.2, 0.25) is 5.15 Å². The van der Waals surface area contributed by atoms with Crippen LogP contribution in [0.5, 0.6) is 5.88 Å². The van der Waals surface area contributed by atoms with E-state index in [1.807, 2.05) is 41.1 Å². The Hall–Kier alpha value is -2.60. The summed E-state index contributed by atoms with van der Waals surface area (Å²) in [5.41, 5.74) is 4.74. The van der Waals surface area contributed by atoms with Gasteiger partial charge in [0.15, 0.2) is 12.2 Å². The number of halogens is 6. The number of aryl methyl sites for hydroxylation is 5. The van der Waals surface area contributed by atoms with Crippen LogP contribution < -0.4 is 9.42 Å². The first-order chi connectivity index (χ1) is 15.7. The average Bonchev–Trinajstić information content (AvgIpc) is 3.10. The molecule has 4 aromatic heterocycles. The lowest BCUT2D eigenvalue weighted by atomic mass is 10.2. The molecule has 35 heavy (non-hydrogen) atoms. The van der Waals surface area contributed by atoms with E-state index in [0.29, 0.717) is 11.8 Å². The first-order valence-corrected chi connectivity index (χ1v) is 10.8. The molecule has 0 saturated heterocycles. The van der Waals surface area contributed by atoms with Gasteiger partial charge in [0.1, 0.15) is 11.6 Å². The van der Waals surface area contributed by atoms with Gasteiger partial charge in [-0.2, -0.15) is 5.10 Å². The SMILES string of the molecule is CCOc1c2c(C)n(C)c(C)c2cn[n+]1C.Cc1c2cnnc(Cl)c2c(C)n1C.Cl.F[B-](F)(F)F. The molecular weight excluding hydrogens is 510 g/mol. The van der Waals surface area contributed by atoms with Crippen molar-refractivity contribution >= 4 is 52.8 Å². The standard InChI is InChI=1S/C12H18N3O.C9H10ClN3.BF4.ClH/c1-6-16-12-11-9(3)14(4)8(2)10(11)7-13-15(12)5;1-5-7-4-11-12-9(10)8(7)6(2)13(5)3;2-1(3,4)5;/h7H,6H2,1-5H3;4H,1-3H3;;1H/q+1;;-1;. The molecule has 14 heteroatoms. The zero-order chi connectivity index (χ0) is 26.0. The summed E-state index contributed by atoms with van der Waals surface area (Å²) in [6, 6.07) is 0. The lowest BCUT2D eigenvalue weighted by Gasteiger charge is -2.01. The molecule has 4 aromatic rings. The third kappa shape index (κ3) is 6.75. The molecule has 4 heterocycles. The fourth-order valence-corrected chi connectivity index (χ4v) is 3.93. The molecule has 0 radical (unpaired) electrons. The van der Waals surface area contributed by atoms with Crippen LogP contribution in [0.15, 0.2) is 12.4 Å². The van der Waals surface area contributed by atoms with E-state index in [-0.39, 0.29) is 12.4 Å². The number of rotatable bonds is 2. The molecule has 7 nitrogen and oxygen atoms in total. The van der Waals surface area contributed by atoms with Crippen molar-refractivity contribution < 1.29 is 26.7 Å². The summed E-state index contributed by atoms with van der Waals surface area (Å²) >= 11 is 5.96. The minimum Gasteiger partial charge on any atom is -0.443 e. The van der Waals surface area contributed by atoms with E-state index in [9.17, 15) is 17.3 Å². The Labute approximate surface area is 212 Å². The molecular formula is C21H29BCl2F4N6O. The second-order valence-corrected chi connectivity index (χ2v) is 8.03. The molecule has 0 atom stereocenters. The van der Waals surface area contributed by atoms with Gasteiger partial charge in [0.05, 0.1) is 12.8 Å². The van der Waals surface area contributed by atoms with Crippen molar-refractivity contribution in [2.75, 3.05) is 6.61 Å². The number of hydrogen-bond acceptors (Lipinski definition) is 4. The van der Waals surface area contributed by atoms with Crippen molar-refractivity contribution in [2.45, 2.75) is 34.6 Å². The van der Waals surface area contributed by atoms with E-state index in [2.05, 4.69) is 45.3 Å². The molecule has 0 bridgehead atoms. The maximum Gasteiger partial charge on any atom is 0.673 e. The molecule has 0 amide bonds. The molecule has 0 spiro atoms. The Balaban J connectivity index is 0.000000291. The van der Waals surface area contributed by atoms with Crippen molar-refractivity contribution in [3.8, 4) is 5.88 Å². The van der Waals surface area contributed by atoms with Gasteiger partial charge in [-0.3, -0.25) is 0 Å². The number of nitrogens with zero attached hydrogens (tertiary/aromatic N) is 6. The van der Waals surface area contributed by atoms with Crippen LogP contribution in [0, 0.1) is 27.7 Å². The summed E-state index contributed by atoms with van der Waals surface area (Å²) < 4.78 is 50.7. The van der Waals surface area contributed by atoms with E-state index >= 15 is 0 Å². The lowest BCUT2D eigenvalue weighted by Crippen LogP contribution is -2.35. The van der Waals surface area contributed by atoms with E-state index in [1.54, 1.807) is 10.9 Å². The van der Waals surface area contributed by atoms with E-state index in [4.69, 9.17) is 16.3 Å². The fraction of sp³-hybridized carbons (Fsp3) is 0.429. The Morgan fingerprint density at radius 3 is 1.83 bits per heavy atom. The van der Waals surface area contributed by atoms with Crippen LogP contribution in [0.4, 0.5) is 17.3 Å². The summed E-state index contributed by atoms with van der Waals surface area (Å²) in [6.07, 6.45) is 3.66. The highest BCUT2D eigenvalue weighted by atomic mass is 35.5. The van der Waals surface area contributed by atoms with Gasteiger partial charge in [0.2, 0.25) is 0 Å². The van der Waals surface area contributed by atoms with Crippen LogP contribution in [0.3, 0.4) is 0 Å². The third-order valence-corrected chi connectivity index (χ3v) is 6.01. The van der Waals surface area contributed by atoms with Crippen molar-refractivity contribution in [3.63, 3.8) is 0 Å². The van der Waals surface area contributed by atoms with Gasteiger partial charge in [-0.1, -0.05) is 16.3 Å². The van der Waals surface area contributed by atoms with Gasteiger partial charge < -0.3 is 31.1 Å². The van der Waals surface area contributed by atoms with Gasteiger partial charge in [0.25, 0.3) is 0 Å². The maximum absolute atomic E-state index is 9.75. The summed E-state index contributed by atoms with van der Waals surface area (Å²) in [6.45, 7) is 10.9. The van der Waals surface area contributed by atoms with Gasteiger partial charge in [0, 0.05) is 53.0 Å². The number of hydrogen-bond donors (Lipinski definition) is 0. The van der Waals surface area contributed by atoms with Crippen LogP contribution in [0.1, 0.15) is 29.7 Å². The fourth-order valence-electron chi connectivity index (χ4n) is 3.65. The molecule has 0 unspecified atom stereocenters. The minimum atomic E-state index is -6.00. The summed E-state index contributed by atoms with van der Waals surface area (Å²) in [4.78, 5) is 0. The molecule has 4 rings (SSSR count). The van der Waals surface area contributed by atoms with Crippen molar-refractivity contribution in [3.05, 3.63) is 40.3 Å². The highest BCUT2D eigenvalue weighted by Gasteiger charge is 2.22. The van der Waals surface area contributed by atoms with Crippen LogP contribution in [0.25, 0.3) is 21.5 Å². The molecule has 0 aromatic carbocycles. The average molecular weight is 539 g/mol. The Morgan fingerprint density at radius 1 is 0.914 bits per heavy atom. The molecule has 0 aliphatic rings. The largest absolute Gasteiger partial charge is 0.673 e. The molecule has 0 aliphatic carbocycles. The highest BCUT2D eigenvalue weighted by Crippen LogP contribution is 2.29. The summed E-state index contributed by atoms with van der Waals surface area (Å²) in [5, 5.41) is 16.9. The Kier molecular flexibility index (Phi) is 10.3.